The molecular formula is C16H23IN4. The van der Waals surface area contributed by atoms with E-state index in [9.17, 15) is 0 Å². The summed E-state index contributed by atoms with van der Waals surface area (Å²) in [6.07, 6.45) is 2.50. The van der Waals surface area contributed by atoms with Crippen LogP contribution in [0.3, 0.4) is 0 Å². The second kappa shape index (κ2) is 7.35. The highest BCUT2D eigenvalue weighted by atomic mass is 127. The fraction of sp³-hybridized carbons (Fsp3) is 0.500. The Morgan fingerprint density at radius 1 is 1.33 bits per heavy atom. The van der Waals surface area contributed by atoms with Gasteiger partial charge in [-0.15, -0.1) is 0 Å². The molecule has 1 atom stereocenters. The topological polar surface area (TPSA) is 42.7 Å². The standard InChI is InChI=1S/C16H23IN4/c1-5-18-14(13-8-6-7-12(4)16(13)17)9-15-19-10-20-21(15)11(2)3/h6-8,10-11,14,18H,5,9H2,1-4H3. The molecule has 1 N–H and O–H groups in total. The van der Waals surface area contributed by atoms with E-state index >= 15 is 0 Å². The molecule has 1 heterocycles. The summed E-state index contributed by atoms with van der Waals surface area (Å²) in [6, 6.07) is 7.10. The average Bonchev–Trinajstić information content (AvgIpc) is 2.90. The van der Waals surface area contributed by atoms with Crippen molar-refractivity contribution in [2.75, 3.05) is 6.54 Å². The molecule has 0 bridgehead atoms. The smallest absolute Gasteiger partial charge is 0.138 e. The van der Waals surface area contributed by atoms with Crippen molar-refractivity contribution in [3.8, 4) is 0 Å². The van der Waals surface area contributed by atoms with E-state index in [0.717, 1.165) is 18.8 Å². The van der Waals surface area contributed by atoms with Crippen molar-refractivity contribution in [3.63, 3.8) is 0 Å². The number of benzene rings is 1. The van der Waals surface area contributed by atoms with Gasteiger partial charge in [0.1, 0.15) is 12.2 Å². The third-order valence-electron chi connectivity index (χ3n) is 3.57. The molecule has 4 nitrogen and oxygen atoms in total. The molecule has 0 aliphatic carbocycles. The van der Waals surface area contributed by atoms with Crippen LogP contribution in [0.25, 0.3) is 0 Å². The summed E-state index contributed by atoms with van der Waals surface area (Å²) in [7, 11) is 0. The fourth-order valence-electron chi connectivity index (χ4n) is 2.51. The van der Waals surface area contributed by atoms with E-state index in [4.69, 9.17) is 0 Å². The van der Waals surface area contributed by atoms with Crippen LogP contribution in [0.15, 0.2) is 24.5 Å². The Labute approximate surface area is 140 Å². The van der Waals surface area contributed by atoms with Gasteiger partial charge in [-0.3, -0.25) is 0 Å². The number of likely N-dealkylation sites (N-methyl/N-ethyl adjacent to an activating group) is 1. The van der Waals surface area contributed by atoms with Gasteiger partial charge in [0, 0.05) is 22.1 Å². The quantitative estimate of drug-likeness (QED) is 0.756. The van der Waals surface area contributed by atoms with Crippen LogP contribution in [0.4, 0.5) is 0 Å². The molecule has 1 aromatic heterocycles. The van der Waals surface area contributed by atoms with Crippen LogP contribution >= 0.6 is 22.6 Å². The Hall–Kier alpha value is -0.950. The summed E-state index contributed by atoms with van der Waals surface area (Å²) in [5.74, 6) is 1.04. The molecule has 2 aromatic rings. The first-order valence-electron chi connectivity index (χ1n) is 7.41. The van der Waals surface area contributed by atoms with Crippen LogP contribution in [0, 0.1) is 10.5 Å². The average molecular weight is 398 g/mol. The predicted molar refractivity (Wildman–Crippen MR) is 94.4 cm³/mol. The van der Waals surface area contributed by atoms with Gasteiger partial charge < -0.3 is 5.32 Å². The minimum Gasteiger partial charge on any atom is -0.310 e. The third kappa shape index (κ3) is 3.83. The van der Waals surface area contributed by atoms with Gasteiger partial charge in [0.15, 0.2) is 0 Å². The van der Waals surface area contributed by atoms with Crippen molar-refractivity contribution in [1.82, 2.24) is 20.1 Å². The van der Waals surface area contributed by atoms with Crippen molar-refractivity contribution >= 4 is 22.6 Å². The Kier molecular flexibility index (Phi) is 5.75. The monoisotopic (exact) mass is 398 g/mol. The van der Waals surface area contributed by atoms with Gasteiger partial charge in [-0.05, 0) is 61.0 Å². The highest BCUT2D eigenvalue weighted by Crippen LogP contribution is 2.25. The molecule has 114 valence electrons. The van der Waals surface area contributed by atoms with Crippen molar-refractivity contribution < 1.29 is 0 Å². The normalized spacial score (nSPS) is 12.9. The Morgan fingerprint density at radius 2 is 2.10 bits per heavy atom. The molecule has 5 heteroatoms. The van der Waals surface area contributed by atoms with Gasteiger partial charge in [0.25, 0.3) is 0 Å². The summed E-state index contributed by atoms with van der Waals surface area (Å²) in [5, 5.41) is 7.92. The van der Waals surface area contributed by atoms with Crippen molar-refractivity contribution in [3.05, 3.63) is 45.0 Å². The second-order valence-corrected chi connectivity index (χ2v) is 6.59. The summed E-state index contributed by atoms with van der Waals surface area (Å²) < 4.78 is 3.34. The van der Waals surface area contributed by atoms with Crippen molar-refractivity contribution in [2.45, 2.75) is 46.2 Å². The third-order valence-corrected chi connectivity index (χ3v) is 5.04. The molecule has 2 rings (SSSR count). The maximum Gasteiger partial charge on any atom is 0.138 e. The molecule has 0 aliphatic rings. The van der Waals surface area contributed by atoms with Crippen molar-refractivity contribution in [2.24, 2.45) is 0 Å². The zero-order valence-corrected chi connectivity index (χ0v) is 15.3. The summed E-state index contributed by atoms with van der Waals surface area (Å²) in [5.41, 5.74) is 2.66. The van der Waals surface area contributed by atoms with Crippen molar-refractivity contribution in [1.29, 1.82) is 0 Å². The summed E-state index contributed by atoms with van der Waals surface area (Å²) in [4.78, 5) is 4.45. The lowest BCUT2D eigenvalue weighted by molar-refractivity contribution is 0.468. The van der Waals surface area contributed by atoms with Crippen LogP contribution in [0.5, 0.6) is 0 Å². The van der Waals surface area contributed by atoms with Gasteiger partial charge in [-0.1, -0.05) is 25.1 Å². The van der Waals surface area contributed by atoms with Crippen LogP contribution in [-0.4, -0.2) is 21.3 Å². The zero-order chi connectivity index (χ0) is 15.4. The predicted octanol–water partition coefficient (Wildman–Crippen LogP) is 3.67. The lowest BCUT2D eigenvalue weighted by Crippen LogP contribution is -2.25. The van der Waals surface area contributed by atoms with Crippen LogP contribution in [0.1, 0.15) is 49.8 Å². The van der Waals surface area contributed by atoms with Gasteiger partial charge >= 0.3 is 0 Å². The van der Waals surface area contributed by atoms with Gasteiger partial charge in [-0.2, -0.15) is 5.10 Å². The Bertz CT molecular complexity index is 592. The first kappa shape index (κ1) is 16.4. The number of halogens is 1. The maximum absolute atomic E-state index is 4.45. The molecule has 0 saturated carbocycles. The van der Waals surface area contributed by atoms with Gasteiger partial charge in [0.2, 0.25) is 0 Å². The minimum atomic E-state index is 0.267. The molecule has 1 aromatic carbocycles. The van der Waals surface area contributed by atoms with Crippen LogP contribution in [0.2, 0.25) is 0 Å². The first-order chi connectivity index (χ1) is 10.0. The first-order valence-corrected chi connectivity index (χ1v) is 8.49. The lowest BCUT2D eigenvalue weighted by Gasteiger charge is -2.21. The van der Waals surface area contributed by atoms with E-state index in [0.29, 0.717) is 6.04 Å². The number of hydrogen-bond donors (Lipinski definition) is 1. The molecule has 0 aliphatic heterocycles. The molecule has 0 radical (unpaired) electrons. The zero-order valence-electron chi connectivity index (χ0n) is 13.1. The van der Waals surface area contributed by atoms with E-state index < -0.39 is 0 Å². The highest BCUT2D eigenvalue weighted by molar-refractivity contribution is 14.1. The summed E-state index contributed by atoms with van der Waals surface area (Å²) >= 11 is 2.44. The fourth-order valence-corrected chi connectivity index (χ4v) is 3.25. The van der Waals surface area contributed by atoms with Crippen LogP contribution in [-0.2, 0) is 6.42 Å². The molecule has 0 spiro atoms. The Balaban J connectivity index is 2.31. The minimum absolute atomic E-state index is 0.267. The van der Waals surface area contributed by atoms with Crippen LogP contribution < -0.4 is 5.32 Å². The maximum atomic E-state index is 4.45. The molecular weight excluding hydrogens is 375 g/mol. The number of nitrogens with one attached hydrogen (secondary N) is 1. The van der Waals surface area contributed by atoms with E-state index in [1.807, 2.05) is 4.68 Å². The number of aromatic nitrogens is 3. The molecule has 21 heavy (non-hydrogen) atoms. The van der Waals surface area contributed by atoms with Gasteiger partial charge in [0.05, 0.1) is 0 Å². The van der Waals surface area contributed by atoms with E-state index in [1.54, 1.807) is 6.33 Å². The SMILES string of the molecule is CCNC(Cc1ncnn1C(C)C)c1cccc(C)c1I. The number of rotatable bonds is 6. The van der Waals surface area contributed by atoms with E-state index in [2.05, 4.69) is 83.9 Å². The number of nitrogens with zero attached hydrogens (tertiary/aromatic N) is 3. The van der Waals surface area contributed by atoms with E-state index in [1.165, 1.54) is 14.7 Å². The molecule has 0 fully saturated rings. The lowest BCUT2D eigenvalue weighted by atomic mass is 10.0. The second-order valence-electron chi connectivity index (χ2n) is 5.51. The molecule has 0 amide bonds. The Morgan fingerprint density at radius 3 is 2.76 bits per heavy atom. The largest absolute Gasteiger partial charge is 0.310 e. The summed E-state index contributed by atoms with van der Waals surface area (Å²) in [6.45, 7) is 9.51. The van der Waals surface area contributed by atoms with Gasteiger partial charge in [-0.25, -0.2) is 9.67 Å². The molecule has 1 unspecified atom stereocenters. The van der Waals surface area contributed by atoms with E-state index in [-0.39, 0.29) is 6.04 Å². The number of aryl methyl sites for hydroxylation is 1. The highest BCUT2D eigenvalue weighted by Gasteiger charge is 2.18. The molecule has 0 saturated heterocycles. The number of hydrogen-bond acceptors (Lipinski definition) is 3.